The van der Waals surface area contributed by atoms with Gasteiger partial charge in [-0.1, -0.05) is 12.1 Å². The molecule has 0 saturated carbocycles. The molecule has 0 atom stereocenters. The first-order valence-electron chi connectivity index (χ1n) is 8.75. The number of aromatic nitrogens is 1. The molecule has 8 heteroatoms. The van der Waals surface area contributed by atoms with Crippen LogP contribution >= 0.6 is 24.0 Å². The largest absolute Gasteiger partial charge is 0.454 e. The first-order chi connectivity index (χ1) is 12.8. The number of guanidine groups is 1. The second kappa shape index (κ2) is 10.8. The highest BCUT2D eigenvalue weighted by Gasteiger charge is 2.13. The van der Waals surface area contributed by atoms with Gasteiger partial charge in [0.2, 0.25) is 12.4 Å². The van der Waals surface area contributed by atoms with Crippen LogP contribution in [0.2, 0.25) is 0 Å². The molecule has 0 fully saturated rings. The van der Waals surface area contributed by atoms with Crippen LogP contribution in [-0.4, -0.2) is 30.9 Å². The van der Waals surface area contributed by atoms with Gasteiger partial charge in [0.15, 0.2) is 17.5 Å². The number of unbranched alkanes of at least 4 members (excludes halogenated alkanes) is 1. The SMILES string of the molecule is CN=C(NCCCCn1ccccc1=O)NCc1ccc2c(c1)OCO2.I. The van der Waals surface area contributed by atoms with E-state index in [4.69, 9.17) is 9.47 Å². The van der Waals surface area contributed by atoms with Crippen LogP contribution in [0.4, 0.5) is 0 Å². The molecule has 2 aromatic rings. The van der Waals surface area contributed by atoms with Crippen LogP contribution in [-0.2, 0) is 13.1 Å². The van der Waals surface area contributed by atoms with Crippen LogP contribution in [0.3, 0.4) is 0 Å². The topological polar surface area (TPSA) is 76.9 Å². The Kier molecular flexibility index (Phi) is 8.43. The molecule has 1 aliphatic heterocycles. The van der Waals surface area contributed by atoms with E-state index < -0.39 is 0 Å². The molecule has 7 nitrogen and oxygen atoms in total. The van der Waals surface area contributed by atoms with Crippen LogP contribution in [0, 0.1) is 0 Å². The molecule has 0 aliphatic carbocycles. The number of halogens is 1. The summed E-state index contributed by atoms with van der Waals surface area (Å²) >= 11 is 0. The minimum absolute atomic E-state index is 0. The van der Waals surface area contributed by atoms with Gasteiger partial charge in [0, 0.05) is 38.9 Å². The summed E-state index contributed by atoms with van der Waals surface area (Å²) in [7, 11) is 1.75. The zero-order valence-corrected chi connectivity index (χ0v) is 17.6. The fourth-order valence-corrected chi connectivity index (χ4v) is 2.72. The summed E-state index contributed by atoms with van der Waals surface area (Å²) in [6.45, 7) is 2.45. The summed E-state index contributed by atoms with van der Waals surface area (Å²) in [5.74, 6) is 2.32. The third-order valence-electron chi connectivity index (χ3n) is 4.14. The van der Waals surface area contributed by atoms with Gasteiger partial charge in [-0.05, 0) is 36.6 Å². The van der Waals surface area contributed by atoms with Crippen LogP contribution in [0.15, 0.2) is 52.4 Å². The number of nitrogens with one attached hydrogen (secondary N) is 2. The number of ether oxygens (including phenoxy) is 2. The molecule has 3 rings (SSSR count). The predicted octanol–water partition coefficient (Wildman–Crippen LogP) is 2.34. The second-order valence-corrected chi connectivity index (χ2v) is 5.98. The van der Waals surface area contributed by atoms with Gasteiger partial charge in [-0.3, -0.25) is 9.79 Å². The van der Waals surface area contributed by atoms with Crippen LogP contribution in [0.5, 0.6) is 11.5 Å². The molecule has 2 N–H and O–H groups in total. The van der Waals surface area contributed by atoms with Crippen molar-refractivity contribution >= 4 is 29.9 Å². The predicted molar refractivity (Wildman–Crippen MR) is 116 cm³/mol. The van der Waals surface area contributed by atoms with E-state index in [-0.39, 0.29) is 36.3 Å². The fourth-order valence-electron chi connectivity index (χ4n) is 2.72. The molecule has 27 heavy (non-hydrogen) atoms. The highest BCUT2D eigenvalue weighted by molar-refractivity contribution is 14.0. The molecule has 0 spiro atoms. The molecule has 1 aliphatic rings. The Morgan fingerprint density at radius 3 is 2.81 bits per heavy atom. The maximum atomic E-state index is 11.6. The molecule has 0 saturated heterocycles. The van der Waals surface area contributed by atoms with E-state index in [2.05, 4.69) is 15.6 Å². The fraction of sp³-hybridized carbons (Fsp3) is 0.368. The average Bonchev–Trinajstić information content (AvgIpc) is 3.13. The van der Waals surface area contributed by atoms with Crippen molar-refractivity contribution in [3.8, 4) is 11.5 Å². The van der Waals surface area contributed by atoms with E-state index in [0.29, 0.717) is 6.54 Å². The van der Waals surface area contributed by atoms with Crippen molar-refractivity contribution in [3.63, 3.8) is 0 Å². The molecule has 0 radical (unpaired) electrons. The lowest BCUT2D eigenvalue weighted by Gasteiger charge is -2.12. The number of benzene rings is 1. The molecule has 1 aromatic carbocycles. The van der Waals surface area contributed by atoms with Gasteiger partial charge in [0.25, 0.3) is 0 Å². The second-order valence-electron chi connectivity index (χ2n) is 5.98. The maximum Gasteiger partial charge on any atom is 0.250 e. The Bertz CT molecular complexity index is 823. The van der Waals surface area contributed by atoms with Crippen molar-refractivity contribution in [1.29, 1.82) is 0 Å². The summed E-state index contributed by atoms with van der Waals surface area (Å²) in [4.78, 5) is 15.9. The Morgan fingerprint density at radius 2 is 2.00 bits per heavy atom. The Labute approximate surface area is 175 Å². The van der Waals surface area contributed by atoms with Crippen molar-refractivity contribution in [2.75, 3.05) is 20.4 Å². The smallest absolute Gasteiger partial charge is 0.250 e. The lowest BCUT2D eigenvalue weighted by molar-refractivity contribution is 0.174. The molecule has 0 unspecified atom stereocenters. The highest BCUT2D eigenvalue weighted by Crippen LogP contribution is 2.32. The number of pyridine rings is 1. The molecule has 2 heterocycles. The Hall–Kier alpha value is -2.23. The standard InChI is InChI=1S/C19H24N4O3.HI/c1-20-19(21-9-3-5-11-23-10-4-2-6-18(23)24)22-13-15-7-8-16-17(12-15)26-14-25-16;/h2,4,6-8,10,12H,3,5,9,11,13-14H2,1H3,(H2,20,21,22);1H. The zero-order valence-electron chi connectivity index (χ0n) is 15.3. The number of hydrogen-bond donors (Lipinski definition) is 2. The van der Waals surface area contributed by atoms with E-state index in [0.717, 1.165) is 49.0 Å². The number of aryl methyl sites for hydroxylation is 1. The number of fused-ring (bicyclic) bond motifs is 1. The highest BCUT2D eigenvalue weighted by atomic mass is 127. The summed E-state index contributed by atoms with van der Waals surface area (Å²) in [6, 6.07) is 11.1. The summed E-state index contributed by atoms with van der Waals surface area (Å²) in [5, 5.41) is 6.57. The number of rotatable bonds is 7. The summed E-state index contributed by atoms with van der Waals surface area (Å²) < 4.78 is 12.4. The van der Waals surface area contributed by atoms with E-state index >= 15 is 0 Å². The van der Waals surface area contributed by atoms with Gasteiger partial charge in [0.1, 0.15) is 0 Å². The van der Waals surface area contributed by atoms with Crippen molar-refractivity contribution in [3.05, 3.63) is 58.5 Å². The first-order valence-corrected chi connectivity index (χ1v) is 8.75. The van der Waals surface area contributed by atoms with E-state index in [1.54, 1.807) is 23.7 Å². The van der Waals surface area contributed by atoms with E-state index in [1.165, 1.54) is 0 Å². The average molecular weight is 484 g/mol. The first kappa shape index (κ1) is 21.1. The zero-order chi connectivity index (χ0) is 18.2. The molecule has 0 bridgehead atoms. The maximum absolute atomic E-state index is 11.6. The lowest BCUT2D eigenvalue weighted by atomic mass is 10.2. The number of hydrogen-bond acceptors (Lipinski definition) is 4. The third-order valence-corrected chi connectivity index (χ3v) is 4.14. The lowest BCUT2D eigenvalue weighted by Crippen LogP contribution is -2.37. The minimum Gasteiger partial charge on any atom is -0.454 e. The van der Waals surface area contributed by atoms with Crippen molar-refractivity contribution < 1.29 is 9.47 Å². The van der Waals surface area contributed by atoms with Crippen LogP contribution in [0.1, 0.15) is 18.4 Å². The van der Waals surface area contributed by atoms with Gasteiger partial charge >= 0.3 is 0 Å². The van der Waals surface area contributed by atoms with Crippen molar-refractivity contribution in [2.45, 2.75) is 25.9 Å². The third kappa shape index (κ3) is 6.16. The summed E-state index contributed by atoms with van der Waals surface area (Å²) in [6.07, 6.45) is 3.70. The van der Waals surface area contributed by atoms with Crippen LogP contribution in [0.25, 0.3) is 0 Å². The van der Waals surface area contributed by atoms with E-state index in [1.807, 2.05) is 30.5 Å². The molecule has 146 valence electrons. The Morgan fingerprint density at radius 1 is 1.15 bits per heavy atom. The minimum atomic E-state index is 0. The summed E-state index contributed by atoms with van der Waals surface area (Å²) in [5.41, 5.74) is 1.14. The van der Waals surface area contributed by atoms with Gasteiger partial charge in [-0.2, -0.15) is 0 Å². The van der Waals surface area contributed by atoms with Crippen molar-refractivity contribution in [1.82, 2.24) is 15.2 Å². The van der Waals surface area contributed by atoms with Gasteiger partial charge in [-0.25, -0.2) is 0 Å². The quantitative estimate of drug-likeness (QED) is 0.273. The van der Waals surface area contributed by atoms with Gasteiger partial charge in [0.05, 0.1) is 0 Å². The van der Waals surface area contributed by atoms with Crippen LogP contribution < -0.4 is 25.7 Å². The normalized spacial score (nSPS) is 12.4. The molecule has 0 amide bonds. The number of nitrogens with zero attached hydrogens (tertiary/aromatic N) is 2. The van der Waals surface area contributed by atoms with E-state index in [9.17, 15) is 4.79 Å². The number of aliphatic imine (C=N–C) groups is 1. The molecular weight excluding hydrogens is 459 g/mol. The molecular formula is C19H25IN4O3. The monoisotopic (exact) mass is 484 g/mol. The van der Waals surface area contributed by atoms with Crippen molar-refractivity contribution in [2.24, 2.45) is 4.99 Å². The molecule has 1 aromatic heterocycles. The Balaban J connectivity index is 0.00000261. The van der Waals surface area contributed by atoms with Gasteiger partial charge in [-0.15, -0.1) is 24.0 Å². The van der Waals surface area contributed by atoms with Gasteiger partial charge < -0.3 is 24.7 Å².